The average molecular weight is 370 g/mol. The van der Waals surface area contributed by atoms with Crippen molar-refractivity contribution in [3.63, 3.8) is 0 Å². The third kappa shape index (κ3) is 6.33. The summed E-state index contributed by atoms with van der Waals surface area (Å²) >= 11 is 0. The van der Waals surface area contributed by atoms with Gasteiger partial charge in [-0.15, -0.1) is 6.42 Å². The lowest BCUT2D eigenvalue weighted by molar-refractivity contribution is -0.147. The molecule has 0 unspecified atom stereocenters. The molecule has 0 bridgehead atoms. The molecule has 0 aliphatic carbocycles. The smallest absolute Gasteiger partial charge is 0.321 e. The second kappa shape index (κ2) is 9.51. The molecule has 0 fully saturated rings. The molecule has 0 spiro atoms. The number of terminal acetylenes is 1. The van der Waals surface area contributed by atoms with Gasteiger partial charge in [0, 0.05) is 6.07 Å². The monoisotopic (exact) mass is 370 g/mol. The molecule has 0 aliphatic rings. The molecule has 136 valence electrons. The number of ether oxygens (including phenoxy) is 3. The van der Waals surface area contributed by atoms with Crippen molar-refractivity contribution in [3.8, 4) is 23.8 Å². The van der Waals surface area contributed by atoms with Gasteiger partial charge in [0.1, 0.15) is 6.54 Å². The maximum absolute atomic E-state index is 12.2. The molecular weight excluding hydrogens is 352 g/mol. The van der Waals surface area contributed by atoms with E-state index in [4.69, 9.17) is 15.9 Å². The summed E-state index contributed by atoms with van der Waals surface area (Å²) in [7, 11) is -1.20. The van der Waals surface area contributed by atoms with E-state index < -0.39 is 35.1 Å². The van der Waals surface area contributed by atoms with Crippen molar-refractivity contribution in [2.45, 2.75) is 4.90 Å². The molecule has 1 aromatic carbocycles. The van der Waals surface area contributed by atoms with Gasteiger partial charge in [0.15, 0.2) is 18.1 Å². The van der Waals surface area contributed by atoms with Crippen LogP contribution in [0.1, 0.15) is 0 Å². The fraction of sp³-hybridized carbons (Fsp3) is 0.333. The van der Waals surface area contributed by atoms with Gasteiger partial charge in [-0.25, -0.2) is 8.42 Å². The summed E-state index contributed by atoms with van der Waals surface area (Å²) < 4.78 is 41.1. The summed E-state index contributed by atoms with van der Waals surface area (Å²) in [5.74, 6) is 1.26. The predicted molar refractivity (Wildman–Crippen MR) is 87.5 cm³/mol. The van der Waals surface area contributed by atoms with Crippen molar-refractivity contribution in [2.75, 3.05) is 33.9 Å². The van der Waals surface area contributed by atoms with Crippen LogP contribution in [0.4, 0.5) is 0 Å². The van der Waals surface area contributed by atoms with Crippen LogP contribution in [-0.2, 0) is 24.3 Å². The van der Waals surface area contributed by atoms with E-state index in [1.807, 2.05) is 0 Å². The minimum absolute atomic E-state index is 0.00230. The zero-order valence-corrected chi connectivity index (χ0v) is 14.5. The fourth-order valence-electron chi connectivity index (χ4n) is 1.62. The third-order valence-electron chi connectivity index (χ3n) is 2.82. The number of rotatable bonds is 9. The topological polar surface area (TPSA) is 120 Å². The molecular formula is C15H18N2O7S. The molecule has 0 atom stereocenters. The standard InChI is InChI=1S/C15H18N2O7S/c1-4-7-16-14(18)10-24-15(19)9-17-25(20,21)11-5-6-12(22-2)13(8-11)23-3/h1,5-6,8,17H,7,9-10H2,2-3H3,(H,16,18). The Balaban J connectivity index is 2.62. The van der Waals surface area contributed by atoms with Gasteiger partial charge in [0.05, 0.1) is 25.7 Å². The van der Waals surface area contributed by atoms with Crippen LogP contribution in [0.2, 0.25) is 0 Å². The van der Waals surface area contributed by atoms with Gasteiger partial charge in [-0.05, 0) is 12.1 Å². The van der Waals surface area contributed by atoms with Crippen molar-refractivity contribution in [1.29, 1.82) is 0 Å². The first kappa shape index (κ1) is 20.3. The van der Waals surface area contributed by atoms with Gasteiger partial charge in [-0.1, -0.05) is 5.92 Å². The average Bonchev–Trinajstić information content (AvgIpc) is 2.62. The number of esters is 1. The van der Waals surface area contributed by atoms with Crippen LogP contribution in [0.25, 0.3) is 0 Å². The van der Waals surface area contributed by atoms with Crippen LogP contribution in [0.5, 0.6) is 11.5 Å². The number of carbonyl (C=O) groups is 2. The van der Waals surface area contributed by atoms with E-state index >= 15 is 0 Å². The van der Waals surface area contributed by atoms with Gasteiger partial charge in [-0.3, -0.25) is 9.59 Å². The number of sulfonamides is 1. The summed E-state index contributed by atoms with van der Waals surface area (Å²) in [6.07, 6.45) is 4.96. The number of nitrogens with one attached hydrogen (secondary N) is 2. The van der Waals surface area contributed by atoms with Crippen molar-refractivity contribution >= 4 is 21.9 Å². The molecule has 1 rings (SSSR count). The lowest BCUT2D eigenvalue weighted by atomic mass is 10.3. The highest BCUT2D eigenvalue weighted by molar-refractivity contribution is 7.89. The molecule has 0 heterocycles. The second-order valence-corrected chi connectivity index (χ2v) is 6.25. The first-order valence-corrected chi connectivity index (χ1v) is 8.40. The number of methoxy groups -OCH3 is 2. The fourth-order valence-corrected chi connectivity index (χ4v) is 2.60. The molecule has 10 heteroatoms. The molecule has 0 saturated heterocycles. The number of benzene rings is 1. The van der Waals surface area contributed by atoms with E-state index in [1.54, 1.807) is 0 Å². The van der Waals surface area contributed by atoms with Gasteiger partial charge in [-0.2, -0.15) is 4.72 Å². The lowest BCUT2D eigenvalue weighted by Crippen LogP contribution is -2.34. The van der Waals surface area contributed by atoms with Crippen LogP contribution in [0.3, 0.4) is 0 Å². The first-order chi connectivity index (χ1) is 11.8. The maximum Gasteiger partial charge on any atom is 0.321 e. The zero-order valence-electron chi connectivity index (χ0n) is 13.7. The minimum Gasteiger partial charge on any atom is -0.493 e. The van der Waals surface area contributed by atoms with Crippen LogP contribution < -0.4 is 19.5 Å². The van der Waals surface area contributed by atoms with E-state index in [9.17, 15) is 18.0 Å². The van der Waals surface area contributed by atoms with Crippen LogP contribution >= 0.6 is 0 Å². The van der Waals surface area contributed by atoms with E-state index in [2.05, 4.69) is 20.7 Å². The number of hydrogen-bond acceptors (Lipinski definition) is 7. The largest absolute Gasteiger partial charge is 0.493 e. The zero-order chi connectivity index (χ0) is 18.9. The molecule has 25 heavy (non-hydrogen) atoms. The van der Waals surface area contributed by atoms with Gasteiger partial charge in [0.25, 0.3) is 5.91 Å². The van der Waals surface area contributed by atoms with Gasteiger partial charge >= 0.3 is 5.97 Å². The van der Waals surface area contributed by atoms with Crippen LogP contribution in [0, 0.1) is 12.3 Å². The second-order valence-electron chi connectivity index (χ2n) is 4.48. The summed E-state index contributed by atoms with van der Waals surface area (Å²) in [5, 5.41) is 2.29. The number of carbonyl (C=O) groups excluding carboxylic acids is 2. The Bertz CT molecular complexity index is 769. The predicted octanol–water partition coefficient (Wildman–Crippen LogP) is -0.725. The first-order valence-electron chi connectivity index (χ1n) is 6.91. The summed E-state index contributed by atoms with van der Waals surface area (Å²) in [4.78, 5) is 22.6. The highest BCUT2D eigenvalue weighted by Crippen LogP contribution is 2.29. The molecule has 0 saturated carbocycles. The third-order valence-corrected chi connectivity index (χ3v) is 4.22. The summed E-state index contributed by atoms with van der Waals surface area (Å²) in [6, 6.07) is 3.96. The Kier molecular flexibility index (Phi) is 7.71. The van der Waals surface area contributed by atoms with E-state index in [1.165, 1.54) is 32.4 Å². The molecule has 0 radical (unpaired) electrons. The SMILES string of the molecule is C#CCNC(=O)COC(=O)CNS(=O)(=O)c1ccc(OC)c(OC)c1. The Morgan fingerprint density at radius 3 is 2.48 bits per heavy atom. The highest BCUT2D eigenvalue weighted by Gasteiger charge is 2.19. The molecule has 0 aliphatic heterocycles. The number of amides is 1. The molecule has 1 aromatic rings. The van der Waals surface area contributed by atoms with Crippen molar-refractivity contribution < 1.29 is 32.2 Å². The van der Waals surface area contributed by atoms with Crippen molar-refractivity contribution in [2.24, 2.45) is 0 Å². The van der Waals surface area contributed by atoms with Crippen LogP contribution in [0.15, 0.2) is 23.1 Å². The lowest BCUT2D eigenvalue weighted by Gasteiger charge is -2.11. The van der Waals surface area contributed by atoms with Crippen molar-refractivity contribution in [1.82, 2.24) is 10.0 Å². The van der Waals surface area contributed by atoms with E-state index in [-0.39, 0.29) is 17.2 Å². The maximum atomic E-state index is 12.2. The van der Waals surface area contributed by atoms with Crippen molar-refractivity contribution in [3.05, 3.63) is 18.2 Å². The van der Waals surface area contributed by atoms with Crippen LogP contribution in [-0.4, -0.2) is 54.2 Å². The normalized spacial score (nSPS) is 10.4. The Morgan fingerprint density at radius 1 is 1.20 bits per heavy atom. The highest BCUT2D eigenvalue weighted by atomic mass is 32.2. The Morgan fingerprint density at radius 2 is 1.88 bits per heavy atom. The van der Waals surface area contributed by atoms with Gasteiger partial charge in [0.2, 0.25) is 10.0 Å². The molecule has 0 aromatic heterocycles. The van der Waals surface area contributed by atoms with E-state index in [0.717, 1.165) is 0 Å². The Labute approximate surface area is 145 Å². The minimum atomic E-state index is -3.98. The molecule has 9 nitrogen and oxygen atoms in total. The number of hydrogen-bond donors (Lipinski definition) is 2. The molecule has 1 amide bonds. The van der Waals surface area contributed by atoms with Gasteiger partial charge < -0.3 is 19.5 Å². The summed E-state index contributed by atoms with van der Waals surface area (Å²) in [5.41, 5.74) is 0. The molecule has 2 N–H and O–H groups in total. The summed E-state index contributed by atoms with van der Waals surface area (Å²) in [6.45, 7) is -1.19. The Hall–Kier alpha value is -2.77. The van der Waals surface area contributed by atoms with E-state index in [0.29, 0.717) is 5.75 Å². The quantitative estimate of drug-likeness (QED) is 0.434.